The Balaban J connectivity index is 1.33. The second kappa shape index (κ2) is 13.9. The van der Waals surface area contributed by atoms with Crippen LogP contribution < -0.4 is 0 Å². The second-order valence-electron chi connectivity index (χ2n) is 10.3. The second-order valence-corrected chi connectivity index (χ2v) is 10.3. The number of ether oxygens (including phenoxy) is 7. The van der Waals surface area contributed by atoms with Crippen LogP contribution in [0.5, 0.6) is 0 Å². The van der Waals surface area contributed by atoms with E-state index in [0.717, 1.165) is 0 Å². The lowest BCUT2D eigenvalue weighted by atomic mass is 9.97. The fraction of sp³-hybridized carbons (Fsp3) is 1.00. The first kappa shape index (κ1) is 33.1. The third-order valence-electron chi connectivity index (χ3n) is 7.42. The Morgan fingerprint density at radius 3 is 1.85 bits per heavy atom. The maximum Gasteiger partial charge on any atom is 0.187 e. The lowest BCUT2D eigenvalue weighted by Gasteiger charge is -2.45. The van der Waals surface area contributed by atoms with Crippen molar-refractivity contribution in [2.45, 2.75) is 111 Å². The molecule has 1 unspecified atom stereocenters. The van der Waals surface area contributed by atoms with Crippen LogP contribution in [0.2, 0.25) is 0 Å². The lowest BCUT2D eigenvalue weighted by Crippen LogP contribution is -2.64. The van der Waals surface area contributed by atoms with E-state index in [1.54, 1.807) is 0 Å². The molecule has 0 aliphatic carbocycles. The SMILES string of the molecule is OC[C@H]1OC(O)[C@H](O)[C@@H](O)[C@@H]1O[C@@H]1O[C@H](CO[C@@H]2OC[C@@H](O[C@@H]3OC[C@@H](O)[C@H](O)[C@H]3O)[C@H](O)[C@H]2O)[C@@H](O)[C@H](O)[C@H]1O. The van der Waals surface area contributed by atoms with Gasteiger partial charge in [-0.25, -0.2) is 0 Å². The Kier molecular flexibility index (Phi) is 11.2. The molecule has 19 heteroatoms. The number of aliphatic hydroxyl groups is 12. The molecular formula is C22H38O19. The van der Waals surface area contributed by atoms with Gasteiger partial charge in [-0.3, -0.25) is 0 Å². The van der Waals surface area contributed by atoms with Crippen molar-refractivity contribution in [3.8, 4) is 0 Å². The quantitative estimate of drug-likeness (QED) is 0.122. The number of hydrogen-bond donors (Lipinski definition) is 12. The van der Waals surface area contributed by atoms with E-state index in [1.807, 2.05) is 0 Å². The van der Waals surface area contributed by atoms with E-state index in [1.165, 1.54) is 0 Å². The highest BCUT2D eigenvalue weighted by Crippen LogP contribution is 2.30. The van der Waals surface area contributed by atoms with Gasteiger partial charge in [0.2, 0.25) is 0 Å². The molecule has 4 heterocycles. The zero-order valence-corrected chi connectivity index (χ0v) is 21.4. The van der Waals surface area contributed by atoms with Crippen LogP contribution in [0.1, 0.15) is 0 Å². The molecule has 4 fully saturated rings. The summed E-state index contributed by atoms with van der Waals surface area (Å²) in [5.41, 5.74) is 0. The molecule has 4 aliphatic heterocycles. The zero-order valence-electron chi connectivity index (χ0n) is 21.4. The maximum absolute atomic E-state index is 10.5. The lowest BCUT2D eigenvalue weighted by molar-refractivity contribution is -0.362. The largest absolute Gasteiger partial charge is 0.394 e. The van der Waals surface area contributed by atoms with Crippen molar-refractivity contribution < 1.29 is 94.4 Å². The molecule has 0 amide bonds. The van der Waals surface area contributed by atoms with Crippen LogP contribution in [0.3, 0.4) is 0 Å². The smallest absolute Gasteiger partial charge is 0.187 e. The minimum absolute atomic E-state index is 0.355. The van der Waals surface area contributed by atoms with Crippen molar-refractivity contribution in [3.63, 3.8) is 0 Å². The molecule has 0 bridgehead atoms. The number of aliphatic hydroxyl groups excluding tert-OH is 12. The molecule has 4 rings (SSSR count). The predicted octanol–water partition coefficient (Wildman–Crippen LogP) is -8.47. The van der Waals surface area contributed by atoms with Crippen molar-refractivity contribution in [3.05, 3.63) is 0 Å². The van der Waals surface area contributed by atoms with Crippen LogP contribution in [0.25, 0.3) is 0 Å². The highest BCUT2D eigenvalue weighted by molar-refractivity contribution is 4.94. The van der Waals surface area contributed by atoms with Gasteiger partial charge in [0.05, 0.1) is 26.4 Å². The summed E-state index contributed by atoms with van der Waals surface area (Å²) < 4.78 is 37.2. The van der Waals surface area contributed by atoms with Crippen LogP contribution >= 0.6 is 0 Å². The topological polar surface area (TPSA) is 307 Å². The van der Waals surface area contributed by atoms with Crippen LogP contribution in [0.4, 0.5) is 0 Å². The van der Waals surface area contributed by atoms with E-state index >= 15 is 0 Å². The van der Waals surface area contributed by atoms with Gasteiger partial charge in [0.15, 0.2) is 25.2 Å². The average Bonchev–Trinajstić information content (AvgIpc) is 2.95. The molecule has 19 nitrogen and oxygen atoms in total. The van der Waals surface area contributed by atoms with Crippen molar-refractivity contribution in [2.75, 3.05) is 26.4 Å². The Hall–Kier alpha value is -0.760. The van der Waals surface area contributed by atoms with E-state index in [9.17, 15) is 61.3 Å². The average molecular weight is 607 g/mol. The molecule has 0 aromatic heterocycles. The normalized spacial score (nSPS) is 53.3. The van der Waals surface area contributed by atoms with Gasteiger partial charge >= 0.3 is 0 Å². The molecule has 0 saturated carbocycles. The molecule has 12 N–H and O–H groups in total. The first-order chi connectivity index (χ1) is 19.3. The monoisotopic (exact) mass is 606 g/mol. The molecule has 4 aliphatic rings. The third kappa shape index (κ3) is 6.99. The Labute approximate surface area is 232 Å². The Bertz CT molecular complexity index is 822. The van der Waals surface area contributed by atoms with Gasteiger partial charge in [-0.2, -0.15) is 0 Å². The summed E-state index contributed by atoms with van der Waals surface area (Å²) in [5, 5.41) is 121. The molecule has 4 saturated heterocycles. The van der Waals surface area contributed by atoms with E-state index < -0.39 is 130 Å². The molecular weight excluding hydrogens is 568 g/mol. The van der Waals surface area contributed by atoms with Crippen LogP contribution in [0.15, 0.2) is 0 Å². The number of hydrogen-bond acceptors (Lipinski definition) is 19. The molecule has 18 atom stereocenters. The minimum atomic E-state index is -1.88. The van der Waals surface area contributed by atoms with E-state index in [0.29, 0.717) is 0 Å². The first-order valence-electron chi connectivity index (χ1n) is 12.9. The predicted molar refractivity (Wildman–Crippen MR) is 122 cm³/mol. The summed E-state index contributed by atoms with van der Waals surface area (Å²) in [4.78, 5) is 0. The minimum Gasteiger partial charge on any atom is -0.394 e. The van der Waals surface area contributed by atoms with Crippen molar-refractivity contribution >= 4 is 0 Å². The van der Waals surface area contributed by atoms with Gasteiger partial charge in [-0.05, 0) is 0 Å². The Morgan fingerprint density at radius 1 is 0.537 bits per heavy atom. The maximum atomic E-state index is 10.5. The van der Waals surface area contributed by atoms with E-state index in [2.05, 4.69) is 0 Å². The first-order valence-corrected chi connectivity index (χ1v) is 12.9. The standard InChI is InChI=1S/C22H38O19/c23-1-6-18(13(29)14(30)19(34)38-6)41-22-17(33)12(28)10(26)7(40-22)3-36-20-16(32)11(27)8(4-37-20)39-21-15(31)9(25)5(24)2-35-21/h5-34H,1-4H2/t5-,6-,7-,8-,9+,10-,11+,12+,13-,14-,15-,16-,17-,18-,19?,20-,21+,22+/m1/s1. The van der Waals surface area contributed by atoms with Gasteiger partial charge < -0.3 is 94.4 Å². The summed E-state index contributed by atoms with van der Waals surface area (Å²) in [5.74, 6) is 0. The highest BCUT2D eigenvalue weighted by Gasteiger charge is 2.51. The van der Waals surface area contributed by atoms with Crippen LogP contribution in [0, 0.1) is 0 Å². The van der Waals surface area contributed by atoms with Gasteiger partial charge in [0.25, 0.3) is 0 Å². The fourth-order valence-corrected chi connectivity index (χ4v) is 4.85. The van der Waals surface area contributed by atoms with E-state index in [4.69, 9.17) is 33.2 Å². The fourth-order valence-electron chi connectivity index (χ4n) is 4.85. The van der Waals surface area contributed by atoms with E-state index in [-0.39, 0.29) is 6.61 Å². The van der Waals surface area contributed by atoms with Crippen molar-refractivity contribution in [1.82, 2.24) is 0 Å². The third-order valence-corrected chi connectivity index (χ3v) is 7.42. The summed E-state index contributed by atoms with van der Waals surface area (Å²) >= 11 is 0. The van der Waals surface area contributed by atoms with Gasteiger partial charge in [0, 0.05) is 0 Å². The number of rotatable bonds is 8. The molecule has 0 spiro atoms. The van der Waals surface area contributed by atoms with Gasteiger partial charge in [-0.1, -0.05) is 0 Å². The summed E-state index contributed by atoms with van der Waals surface area (Å²) in [7, 11) is 0. The van der Waals surface area contributed by atoms with Crippen LogP contribution in [-0.2, 0) is 33.2 Å². The van der Waals surface area contributed by atoms with Gasteiger partial charge in [0.1, 0.15) is 85.5 Å². The summed E-state index contributed by atoms with van der Waals surface area (Å²) in [6, 6.07) is 0. The van der Waals surface area contributed by atoms with Crippen molar-refractivity contribution in [2.24, 2.45) is 0 Å². The molecule has 0 radical (unpaired) electrons. The highest BCUT2D eigenvalue weighted by atomic mass is 16.8. The summed E-state index contributed by atoms with van der Waals surface area (Å²) in [6.45, 7) is -2.13. The molecule has 0 aromatic rings. The Morgan fingerprint density at radius 2 is 1.17 bits per heavy atom. The molecule has 0 aromatic carbocycles. The molecule has 240 valence electrons. The van der Waals surface area contributed by atoms with Crippen molar-refractivity contribution in [1.29, 1.82) is 0 Å². The molecule has 41 heavy (non-hydrogen) atoms. The van der Waals surface area contributed by atoms with Crippen LogP contribution in [-0.4, -0.2) is 198 Å². The van der Waals surface area contributed by atoms with Gasteiger partial charge in [-0.15, -0.1) is 0 Å². The summed E-state index contributed by atoms with van der Waals surface area (Å²) in [6.07, 6.45) is -29.3. The zero-order chi connectivity index (χ0) is 30.2.